The van der Waals surface area contributed by atoms with Crippen LogP contribution in [0, 0.1) is 0 Å². The van der Waals surface area contributed by atoms with Crippen LogP contribution in [0.4, 0.5) is 11.4 Å². The molecule has 3 N–H and O–H groups in total. The zero-order valence-electron chi connectivity index (χ0n) is 17.3. The van der Waals surface area contributed by atoms with Crippen molar-refractivity contribution in [1.29, 1.82) is 0 Å². The molecule has 1 aliphatic carbocycles. The molecule has 0 saturated carbocycles. The molecule has 3 heterocycles. The number of hydrogen-bond donors (Lipinski definition) is 2. The first-order valence-corrected chi connectivity index (χ1v) is 12.2. The topological polar surface area (TPSA) is 85.1 Å². The summed E-state index contributed by atoms with van der Waals surface area (Å²) in [6.07, 6.45) is 7.69. The molecule has 1 aliphatic rings. The highest BCUT2D eigenvalue weighted by Gasteiger charge is 2.20. The van der Waals surface area contributed by atoms with Gasteiger partial charge in [-0.25, -0.2) is 4.98 Å². The second-order valence-corrected chi connectivity index (χ2v) is 9.72. The normalized spacial score (nSPS) is 13.4. The van der Waals surface area contributed by atoms with E-state index in [1.54, 1.807) is 47.8 Å². The molecule has 0 radical (unpaired) electrons. The Kier molecular flexibility index (Phi) is 5.59. The number of rotatable bonds is 5. The largest absolute Gasteiger partial charge is 0.397 e. The molecule has 0 saturated heterocycles. The van der Waals surface area contributed by atoms with Gasteiger partial charge < -0.3 is 11.1 Å². The van der Waals surface area contributed by atoms with Crippen LogP contribution in [0.15, 0.2) is 53.9 Å². The van der Waals surface area contributed by atoms with E-state index in [0.29, 0.717) is 21.8 Å². The first kappa shape index (κ1) is 20.6. The summed E-state index contributed by atoms with van der Waals surface area (Å²) in [5, 5.41) is 5.71. The number of amides is 1. The van der Waals surface area contributed by atoms with Gasteiger partial charge in [-0.05, 0) is 85.2 Å². The molecule has 0 unspecified atom stereocenters. The van der Waals surface area contributed by atoms with Crippen LogP contribution >= 0.6 is 22.7 Å². The molecule has 1 aromatic carbocycles. The van der Waals surface area contributed by atoms with E-state index in [4.69, 9.17) is 10.7 Å². The molecule has 7 heteroatoms. The van der Waals surface area contributed by atoms with Crippen molar-refractivity contribution in [3.05, 3.63) is 80.5 Å². The lowest BCUT2D eigenvalue weighted by Crippen LogP contribution is -2.12. The van der Waals surface area contributed by atoms with Crippen LogP contribution in [0.2, 0.25) is 0 Å². The molecule has 0 bridgehead atoms. The fraction of sp³-hybridized carbons (Fsp3) is 0.160. The molecule has 0 atom stereocenters. The fourth-order valence-electron chi connectivity index (χ4n) is 3.87. The van der Waals surface area contributed by atoms with Gasteiger partial charge in [-0.3, -0.25) is 9.59 Å². The van der Waals surface area contributed by atoms with Crippen molar-refractivity contribution >= 4 is 62.0 Å². The van der Waals surface area contributed by atoms with Crippen molar-refractivity contribution in [2.45, 2.75) is 25.7 Å². The van der Waals surface area contributed by atoms with Crippen LogP contribution in [0.25, 0.3) is 16.3 Å². The zero-order chi connectivity index (χ0) is 22.1. The van der Waals surface area contributed by atoms with Gasteiger partial charge in [0.25, 0.3) is 5.91 Å². The molecule has 0 aliphatic heterocycles. The molecule has 5 nitrogen and oxygen atoms in total. The predicted octanol–water partition coefficient (Wildman–Crippen LogP) is 5.97. The van der Waals surface area contributed by atoms with E-state index in [0.717, 1.165) is 40.1 Å². The van der Waals surface area contributed by atoms with E-state index >= 15 is 0 Å². The number of ketones is 1. The third-order valence-electron chi connectivity index (χ3n) is 5.58. The Labute approximate surface area is 193 Å². The third-order valence-corrected chi connectivity index (χ3v) is 7.53. The Bertz CT molecular complexity index is 1340. The number of allylic oxidation sites excluding steroid dienone is 1. The number of pyridine rings is 1. The molecule has 32 heavy (non-hydrogen) atoms. The minimum Gasteiger partial charge on any atom is -0.397 e. The van der Waals surface area contributed by atoms with E-state index in [9.17, 15) is 9.59 Å². The van der Waals surface area contributed by atoms with E-state index in [2.05, 4.69) is 11.4 Å². The van der Waals surface area contributed by atoms with Gasteiger partial charge in [0.15, 0.2) is 5.78 Å². The lowest BCUT2D eigenvalue weighted by molar-refractivity contribution is 0.102. The van der Waals surface area contributed by atoms with Gasteiger partial charge >= 0.3 is 0 Å². The van der Waals surface area contributed by atoms with Gasteiger partial charge in [-0.2, -0.15) is 0 Å². The van der Waals surface area contributed by atoms with E-state index in [-0.39, 0.29) is 11.7 Å². The molecule has 1 amide bonds. The standard InChI is InChI=1S/C25H21N3O2S2/c26-22-19-14-16-4-1-2-6-20(16)28-25(19)32-23(22)24(30)27-17-9-7-15(8-10-17)21(29)12-11-18-5-3-13-31-18/h3,5,7-14H,1-2,4,6,26H2,(H,27,30)/b12-11+. The first-order chi connectivity index (χ1) is 15.6. The van der Waals surface area contributed by atoms with Crippen molar-refractivity contribution in [2.24, 2.45) is 0 Å². The van der Waals surface area contributed by atoms with Crippen molar-refractivity contribution in [2.75, 3.05) is 11.1 Å². The summed E-state index contributed by atoms with van der Waals surface area (Å²) in [6, 6.07) is 12.9. The summed E-state index contributed by atoms with van der Waals surface area (Å²) in [7, 11) is 0. The summed E-state index contributed by atoms with van der Waals surface area (Å²) in [6.45, 7) is 0. The molecule has 160 valence electrons. The van der Waals surface area contributed by atoms with Crippen LogP contribution in [0.1, 0.15) is 49.0 Å². The maximum atomic E-state index is 12.9. The van der Waals surface area contributed by atoms with Crippen molar-refractivity contribution < 1.29 is 9.59 Å². The van der Waals surface area contributed by atoms with Gasteiger partial charge in [0.05, 0.1) is 5.69 Å². The number of hydrogen-bond acceptors (Lipinski definition) is 6. The van der Waals surface area contributed by atoms with Gasteiger partial charge in [0.2, 0.25) is 0 Å². The van der Waals surface area contributed by atoms with E-state index in [1.165, 1.54) is 23.3 Å². The van der Waals surface area contributed by atoms with Crippen molar-refractivity contribution in [1.82, 2.24) is 4.98 Å². The number of fused-ring (bicyclic) bond motifs is 2. The minimum absolute atomic E-state index is 0.0833. The second kappa shape index (κ2) is 8.68. The van der Waals surface area contributed by atoms with Crippen molar-refractivity contribution in [3.63, 3.8) is 0 Å². The summed E-state index contributed by atoms with van der Waals surface area (Å²) in [4.78, 5) is 32.3. The Morgan fingerprint density at radius 3 is 2.69 bits per heavy atom. The lowest BCUT2D eigenvalue weighted by atomic mass is 9.95. The highest BCUT2D eigenvalue weighted by Crippen LogP contribution is 2.35. The van der Waals surface area contributed by atoms with Crippen LogP contribution in [0.3, 0.4) is 0 Å². The number of nitrogens with zero attached hydrogens (tertiary/aromatic N) is 1. The molecule has 5 rings (SSSR count). The summed E-state index contributed by atoms with van der Waals surface area (Å²) < 4.78 is 0. The summed E-state index contributed by atoms with van der Waals surface area (Å²) >= 11 is 2.90. The number of nitrogen functional groups attached to an aromatic ring is 1. The second-order valence-electron chi connectivity index (χ2n) is 7.74. The quantitative estimate of drug-likeness (QED) is 0.284. The highest BCUT2D eigenvalue weighted by atomic mass is 32.1. The zero-order valence-corrected chi connectivity index (χ0v) is 18.9. The van der Waals surface area contributed by atoms with Gasteiger partial charge in [-0.15, -0.1) is 22.7 Å². The monoisotopic (exact) mass is 459 g/mol. The molecule has 4 aromatic rings. The Hall–Kier alpha value is -3.29. The summed E-state index contributed by atoms with van der Waals surface area (Å²) in [5.74, 6) is -0.347. The number of aryl methyl sites for hydroxylation is 2. The Morgan fingerprint density at radius 1 is 1.09 bits per heavy atom. The molecular formula is C25H21N3O2S2. The van der Waals surface area contributed by atoms with E-state index in [1.807, 2.05) is 17.5 Å². The Balaban J connectivity index is 1.32. The molecule has 3 aromatic heterocycles. The number of thiophene rings is 2. The smallest absolute Gasteiger partial charge is 0.267 e. The Morgan fingerprint density at radius 2 is 1.91 bits per heavy atom. The molecule has 0 spiro atoms. The SMILES string of the molecule is Nc1c(C(=O)Nc2ccc(C(=O)/C=C/c3cccs3)cc2)sc2nc3c(cc12)CCCC3. The van der Waals surface area contributed by atoms with Gasteiger partial charge in [-0.1, -0.05) is 6.07 Å². The maximum Gasteiger partial charge on any atom is 0.267 e. The van der Waals surface area contributed by atoms with Crippen LogP contribution in [0.5, 0.6) is 0 Å². The number of nitrogens with one attached hydrogen (secondary N) is 1. The van der Waals surface area contributed by atoms with Crippen LogP contribution in [-0.2, 0) is 12.8 Å². The van der Waals surface area contributed by atoms with Gasteiger partial charge in [0, 0.05) is 27.2 Å². The van der Waals surface area contributed by atoms with E-state index < -0.39 is 0 Å². The number of nitrogens with two attached hydrogens (primary N) is 1. The third kappa shape index (κ3) is 4.09. The van der Waals surface area contributed by atoms with Crippen LogP contribution in [-0.4, -0.2) is 16.7 Å². The van der Waals surface area contributed by atoms with Gasteiger partial charge in [0.1, 0.15) is 9.71 Å². The fourth-order valence-corrected chi connectivity index (χ4v) is 5.48. The van der Waals surface area contributed by atoms with Crippen molar-refractivity contribution in [3.8, 4) is 0 Å². The molecular weight excluding hydrogens is 438 g/mol. The maximum absolute atomic E-state index is 12.9. The number of carbonyl (C=O) groups is 2. The van der Waals surface area contributed by atoms with Crippen LogP contribution < -0.4 is 11.1 Å². The average molecular weight is 460 g/mol. The molecule has 0 fully saturated rings. The minimum atomic E-state index is -0.264. The lowest BCUT2D eigenvalue weighted by Gasteiger charge is -2.14. The number of carbonyl (C=O) groups excluding carboxylic acids is 2. The average Bonchev–Trinajstić information content (AvgIpc) is 3.44. The predicted molar refractivity (Wildman–Crippen MR) is 133 cm³/mol. The number of benzene rings is 1. The highest BCUT2D eigenvalue weighted by molar-refractivity contribution is 7.21. The number of aromatic nitrogens is 1. The first-order valence-electron chi connectivity index (χ1n) is 10.5. The number of anilines is 2. The summed E-state index contributed by atoms with van der Waals surface area (Å²) in [5.41, 5.74) is 10.3.